The first-order valence-corrected chi connectivity index (χ1v) is 9.58. The van der Waals surface area contributed by atoms with Crippen molar-refractivity contribution in [3.63, 3.8) is 0 Å². The van der Waals surface area contributed by atoms with Crippen molar-refractivity contribution < 1.29 is 9.21 Å². The highest BCUT2D eigenvalue weighted by molar-refractivity contribution is 9.10. The third-order valence-electron chi connectivity index (χ3n) is 4.28. The van der Waals surface area contributed by atoms with E-state index in [1.807, 2.05) is 18.2 Å². The maximum absolute atomic E-state index is 12.5. The molecule has 0 aliphatic heterocycles. The van der Waals surface area contributed by atoms with Crippen LogP contribution in [0.25, 0.3) is 22.1 Å². The minimum absolute atomic E-state index is 0.290. The summed E-state index contributed by atoms with van der Waals surface area (Å²) in [6, 6.07) is 21.1. The molecule has 1 aromatic heterocycles. The Balaban J connectivity index is 1.61. The summed E-state index contributed by atoms with van der Waals surface area (Å²) < 4.78 is 6.20. The molecule has 0 atom stereocenters. The van der Waals surface area contributed by atoms with Crippen molar-refractivity contribution in [1.29, 1.82) is 0 Å². The van der Waals surface area contributed by atoms with Crippen LogP contribution in [0.15, 0.2) is 86.5 Å². The quantitative estimate of drug-likeness (QED) is 0.379. The Kier molecular flexibility index (Phi) is 5.03. The lowest BCUT2D eigenvalue weighted by Crippen LogP contribution is -2.12. The number of anilines is 1. The molecule has 4 aromatic rings. The molecule has 1 amide bonds. The fourth-order valence-electron chi connectivity index (χ4n) is 2.85. The van der Waals surface area contributed by atoms with Crippen molar-refractivity contribution in [1.82, 2.24) is 0 Å². The topological polar surface area (TPSA) is 59.3 Å². The number of amides is 1. The second kappa shape index (κ2) is 7.62. The van der Waals surface area contributed by atoms with Gasteiger partial charge in [-0.2, -0.15) is 0 Å². The molecule has 0 aliphatic rings. The molecule has 4 nitrogen and oxygen atoms in total. The Morgan fingerprint density at radius 2 is 1.71 bits per heavy atom. The Labute approximate surface area is 173 Å². The van der Waals surface area contributed by atoms with Crippen LogP contribution in [0.1, 0.15) is 10.4 Å². The zero-order valence-corrected chi connectivity index (χ0v) is 16.8. The number of benzene rings is 3. The summed E-state index contributed by atoms with van der Waals surface area (Å²) in [6.07, 6.45) is 0. The fourth-order valence-corrected chi connectivity index (χ4v) is 3.57. The molecular formula is C22H13BrClNO3. The molecule has 0 spiro atoms. The fraction of sp³-hybridized carbons (Fsp3) is 0. The number of nitrogens with one attached hydrogen (secondary N) is 1. The highest BCUT2D eigenvalue weighted by Crippen LogP contribution is 2.26. The van der Waals surface area contributed by atoms with E-state index in [0.29, 0.717) is 33.0 Å². The Bertz CT molecular complexity index is 1250. The van der Waals surface area contributed by atoms with Crippen LogP contribution in [0, 0.1) is 0 Å². The van der Waals surface area contributed by atoms with Gasteiger partial charge in [-0.3, -0.25) is 4.79 Å². The summed E-state index contributed by atoms with van der Waals surface area (Å²) in [5.41, 5.74) is 2.22. The average molecular weight is 455 g/mol. The van der Waals surface area contributed by atoms with Gasteiger partial charge >= 0.3 is 5.63 Å². The molecule has 0 fully saturated rings. The number of hydrogen-bond donors (Lipinski definition) is 1. The van der Waals surface area contributed by atoms with Gasteiger partial charge in [-0.05, 0) is 48.0 Å². The minimum atomic E-state index is -0.419. The monoisotopic (exact) mass is 453 g/mol. The van der Waals surface area contributed by atoms with Gasteiger partial charge in [0.25, 0.3) is 5.91 Å². The Morgan fingerprint density at radius 1 is 0.964 bits per heavy atom. The molecule has 0 unspecified atom stereocenters. The summed E-state index contributed by atoms with van der Waals surface area (Å²) >= 11 is 9.47. The lowest BCUT2D eigenvalue weighted by molar-refractivity contribution is 0.102. The molecule has 1 heterocycles. The smallest absolute Gasteiger partial charge is 0.344 e. The molecule has 138 valence electrons. The predicted octanol–water partition coefficient (Wildman–Crippen LogP) is 6.13. The van der Waals surface area contributed by atoms with Gasteiger partial charge in [0, 0.05) is 15.4 Å². The maximum Gasteiger partial charge on any atom is 0.344 e. The average Bonchev–Trinajstić information content (AvgIpc) is 2.69. The van der Waals surface area contributed by atoms with Crippen LogP contribution in [-0.4, -0.2) is 5.91 Å². The van der Waals surface area contributed by atoms with Gasteiger partial charge in [0.05, 0.1) is 16.3 Å². The molecular weight excluding hydrogens is 442 g/mol. The largest absolute Gasteiger partial charge is 0.422 e. The molecule has 0 saturated heterocycles. The SMILES string of the molecule is O=C(Nc1ccc(Br)cc1Cl)c1ccc(-c2cc3ccccc3oc2=O)cc1. The van der Waals surface area contributed by atoms with Gasteiger partial charge < -0.3 is 9.73 Å². The third kappa shape index (κ3) is 3.72. The lowest BCUT2D eigenvalue weighted by Gasteiger charge is -2.08. The first-order chi connectivity index (χ1) is 13.5. The van der Waals surface area contributed by atoms with E-state index < -0.39 is 5.63 Å². The van der Waals surface area contributed by atoms with E-state index in [1.165, 1.54) is 0 Å². The Hall–Kier alpha value is -2.89. The zero-order valence-electron chi connectivity index (χ0n) is 14.4. The first-order valence-electron chi connectivity index (χ1n) is 8.41. The molecule has 0 aliphatic carbocycles. The van der Waals surface area contributed by atoms with Crippen LogP contribution < -0.4 is 10.9 Å². The second-order valence-electron chi connectivity index (χ2n) is 6.14. The molecule has 4 rings (SSSR count). The molecule has 0 radical (unpaired) electrons. The van der Waals surface area contributed by atoms with E-state index in [0.717, 1.165) is 9.86 Å². The van der Waals surface area contributed by atoms with Crippen LogP contribution in [0.3, 0.4) is 0 Å². The van der Waals surface area contributed by atoms with E-state index in [2.05, 4.69) is 21.2 Å². The summed E-state index contributed by atoms with van der Waals surface area (Å²) in [5, 5.41) is 4.05. The van der Waals surface area contributed by atoms with Gasteiger partial charge in [0.1, 0.15) is 5.58 Å². The lowest BCUT2D eigenvalue weighted by atomic mass is 10.0. The number of carbonyl (C=O) groups excluding carboxylic acids is 1. The number of fused-ring (bicyclic) bond motifs is 1. The van der Waals surface area contributed by atoms with E-state index >= 15 is 0 Å². The first kappa shape index (κ1) is 18.5. The molecule has 3 aromatic carbocycles. The van der Waals surface area contributed by atoms with E-state index in [-0.39, 0.29) is 5.91 Å². The van der Waals surface area contributed by atoms with Crippen molar-refractivity contribution in [2.24, 2.45) is 0 Å². The number of para-hydroxylation sites is 1. The number of hydrogen-bond acceptors (Lipinski definition) is 3. The molecule has 1 N–H and O–H groups in total. The molecule has 6 heteroatoms. The highest BCUT2D eigenvalue weighted by Gasteiger charge is 2.11. The van der Waals surface area contributed by atoms with Crippen molar-refractivity contribution in [2.75, 3.05) is 5.32 Å². The van der Waals surface area contributed by atoms with Gasteiger partial charge in [0.15, 0.2) is 0 Å². The van der Waals surface area contributed by atoms with E-state index in [1.54, 1.807) is 54.6 Å². The highest BCUT2D eigenvalue weighted by atomic mass is 79.9. The van der Waals surface area contributed by atoms with Gasteiger partial charge in [-0.15, -0.1) is 0 Å². The molecule has 28 heavy (non-hydrogen) atoms. The maximum atomic E-state index is 12.5. The number of rotatable bonds is 3. The van der Waals surface area contributed by atoms with Gasteiger partial charge in [-0.1, -0.05) is 57.9 Å². The summed E-state index contributed by atoms with van der Waals surface area (Å²) in [4.78, 5) is 24.8. The van der Waals surface area contributed by atoms with E-state index in [9.17, 15) is 9.59 Å². The van der Waals surface area contributed by atoms with Crippen LogP contribution in [-0.2, 0) is 0 Å². The zero-order chi connectivity index (χ0) is 19.7. The molecule has 0 saturated carbocycles. The summed E-state index contributed by atoms with van der Waals surface area (Å²) in [7, 11) is 0. The third-order valence-corrected chi connectivity index (χ3v) is 5.08. The normalized spacial score (nSPS) is 10.8. The van der Waals surface area contributed by atoms with Crippen LogP contribution in [0.2, 0.25) is 5.02 Å². The predicted molar refractivity (Wildman–Crippen MR) is 115 cm³/mol. The van der Waals surface area contributed by atoms with Crippen LogP contribution in [0.5, 0.6) is 0 Å². The number of halogens is 2. The van der Waals surface area contributed by atoms with Crippen LogP contribution >= 0.6 is 27.5 Å². The summed E-state index contributed by atoms with van der Waals surface area (Å²) in [5.74, 6) is -0.290. The standard InChI is InChI=1S/C22H13BrClNO3/c23-16-9-10-19(18(24)12-16)25-21(26)14-7-5-13(6-8-14)17-11-15-3-1-2-4-20(15)28-22(17)27/h1-12H,(H,25,26). The van der Waals surface area contributed by atoms with E-state index in [4.69, 9.17) is 16.0 Å². The van der Waals surface area contributed by atoms with Gasteiger partial charge in [-0.25, -0.2) is 4.79 Å². The van der Waals surface area contributed by atoms with Crippen molar-refractivity contribution in [3.8, 4) is 11.1 Å². The number of carbonyl (C=O) groups is 1. The van der Waals surface area contributed by atoms with Crippen molar-refractivity contribution >= 4 is 50.1 Å². The summed E-state index contributed by atoms with van der Waals surface area (Å²) in [6.45, 7) is 0. The Morgan fingerprint density at radius 3 is 2.46 bits per heavy atom. The van der Waals surface area contributed by atoms with Crippen molar-refractivity contribution in [3.05, 3.63) is 98.3 Å². The van der Waals surface area contributed by atoms with Gasteiger partial charge in [0.2, 0.25) is 0 Å². The van der Waals surface area contributed by atoms with Crippen LogP contribution in [0.4, 0.5) is 5.69 Å². The second-order valence-corrected chi connectivity index (χ2v) is 7.46. The molecule has 0 bridgehead atoms. The minimum Gasteiger partial charge on any atom is -0.422 e. The van der Waals surface area contributed by atoms with Crippen molar-refractivity contribution in [2.45, 2.75) is 0 Å².